The second-order valence-corrected chi connectivity index (χ2v) is 11.4. The maximum absolute atomic E-state index is 10.6. The van der Waals surface area contributed by atoms with E-state index in [1.165, 1.54) is 5.56 Å². The number of methoxy groups -OCH3 is 2. The summed E-state index contributed by atoms with van der Waals surface area (Å²) in [4.78, 5) is 22.6. The fourth-order valence-electron chi connectivity index (χ4n) is 4.90. The normalized spacial score (nSPS) is 15.7. The van der Waals surface area contributed by atoms with Crippen molar-refractivity contribution in [1.82, 2.24) is 14.7 Å². The van der Waals surface area contributed by atoms with Crippen LogP contribution in [-0.2, 0) is 16.1 Å². The highest BCUT2D eigenvalue weighted by molar-refractivity contribution is 6.32. The number of nitriles is 1. The molecule has 1 aliphatic carbocycles. The lowest BCUT2D eigenvalue weighted by molar-refractivity contribution is -0.193. The maximum atomic E-state index is 10.6. The molecule has 1 saturated carbocycles. The highest BCUT2D eigenvalue weighted by atomic mass is 35.5. The van der Waals surface area contributed by atoms with Gasteiger partial charge in [0.25, 0.3) is 0 Å². The fourth-order valence-corrected chi connectivity index (χ4v) is 5.14. The number of hydrogen-bond acceptors (Lipinski definition) is 8. The minimum absolute atomic E-state index is 0.435. The van der Waals surface area contributed by atoms with Crippen LogP contribution in [-0.4, -0.2) is 70.2 Å². The molecule has 1 aliphatic rings. The number of rotatable bonds is 8. The lowest BCUT2D eigenvalue weighted by Crippen LogP contribution is -2.36. The molecule has 4 N–H and O–H groups in total. The quantitative estimate of drug-likeness (QED) is 0.135. The molecular weight excluding hydrogens is 712 g/mol. The molecule has 0 saturated heterocycles. The second kappa shape index (κ2) is 17.6. The second-order valence-electron chi connectivity index (χ2n) is 11.0. The number of fused-ring (bicyclic) bond motifs is 1. The first-order valence-electron chi connectivity index (χ1n) is 14.9. The summed E-state index contributed by atoms with van der Waals surface area (Å²) in [5.41, 5.74) is 5.43. The number of pyridine rings is 1. The topological polar surface area (TPSA) is 158 Å². The third kappa shape index (κ3) is 12.0. The van der Waals surface area contributed by atoms with Crippen molar-refractivity contribution in [1.29, 1.82) is 5.26 Å². The number of carboxylic acid groups (broad SMARTS) is 2. The Morgan fingerprint density at radius 2 is 1.47 bits per heavy atom. The van der Waals surface area contributed by atoms with Gasteiger partial charge in [0, 0.05) is 54.4 Å². The van der Waals surface area contributed by atoms with Crippen molar-refractivity contribution in [2.75, 3.05) is 19.5 Å². The number of imidazole rings is 1. The number of hydrogen-bond donors (Lipinski definition) is 4. The van der Waals surface area contributed by atoms with Gasteiger partial charge in [0.05, 0.1) is 36.6 Å². The minimum atomic E-state index is -5.08. The molecule has 2 aromatic carbocycles. The maximum Gasteiger partial charge on any atom is 0.490 e. The molecule has 2 aromatic heterocycles. The van der Waals surface area contributed by atoms with Crippen LogP contribution >= 0.6 is 11.6 Å². The van der Waals surface area contributed by atoms with Crippen molar-refractivity contribution >= 4 is 34.9 Å². The first kappa shape index (κ1) is 40.2. The van der Waals surface area contributed by atoms with E-state index >= 15 is 0 Å². The Morgan fingerprint density at radius 3 is 1.98 bits per heavy atom. The molecular formula is C33H32ClF6N5O6. The van der Waals surface area contributed by atoms with E-state index in [2.05, 4.69) is 28.8 Å². The van der Waals surface area contributed by atoms with E-state index in [4.69, 9.17) is 51.1 Å². The summed E-state index contributed by atoms with van der Waals surface area (Å²) in [6, 6.07) is 18.7. The number of ether oxygens (including phenoxy) is 2. The zero-order chi connectivity index (χ0) is 37.9. The Kier molecular flexibility index (Phi) is 13.9. The first-order chi connectivity index (χ1) is 23.9. The Hall–Kier alpha value is -5.21. The number of benzene rings is 2. The monoisotopic (exact) mass is 743 g/mol. The summed E-state index contributed by atoms with van der Waals surface area (Å²) in [6.07, 6.45) is -1.70. The Balaban J connectivity index is 0.000000424. The van der Waals surface area contributed by atoms with Gasteiger partial charge in [-0.1, -0.05) is 23.7 Å². The van der Waals surface area contributed by atoms with Crippen LogP contribution in [0.2, 0.25) is 5.02 Å². The minimum Gasteiger partial charge on any atom is -0.496 e. The van der Waals surface area contributed by atoms with E-state index in [1.54, 1.807) is 20.3 Å². The van der Waals surface area contributed by atoms with Gasteiger partial charge >= 0.3 is 24.3 Å². The van der Waals surface area contributed by atoms with Crippen LogP contribution < -0.4 is 20.1 Å². The van der Waals surface area contributed by atoms with E-state index in [9.17, 15) is 26.3 Å². The zero-order valence-corrected chi connectivity index (χ0v) is 27.7. The largest absolute Gasteiger partial charge is 0.496 e. The van der Waals surface area contributed by atoms with Crippen LogP contribution in [0.5, 0.6) is 11.5 Å². The van der Waals surface area contributed by atoms with Gasteiger partial charge in [0.1, 0.15) is 17.1 Å². The van der Waals surface area contributed by atoms with Crippen molar-refractivity contribution in [2.45, 2.75) is 56.7 Å². The molecule has 4 aromatic rings. The number of anilines is 1. The number of nitrogens with one attached hydrogen (secondary N) is 2. The van der Waals surface area contributed by atoms with Gasteiger partial charge in [-0.25, -0.2) is 14.6 Å². The zero-order valence-electron chi connectivity index (χ0n) is 27.0. The van der Waals surface area contributed by atoms with Gasteiger partial charge in [0.2, 0.25) is 0 Å². The molecule has 11 nitrogen and oxygen atoms in total. The van der Waals surface area contributed by atoms with Gasteiger partial charge in [-0.2, -0.15) is 31.6 Å². The molecule has 1 fully saturated rings. The van der Waals surface area contributed by atoms with Crippen LogP contribution in [0.15, 0.2) is 60.9 Å². The molecule has 2 heterocycles. The van der Waals surface area contributed by atoms with E-state index in [0.29, 0.717) is 34.2 Å². The molecule has 0 amide bonds. The van der Waals surface area contributed by atoms with Crippen molar-refractivity contribution in [3.63, 3.8) is 0 Å². The summed E-state index contributed by atoms with van der Waals surface area (Å²) in [7, 11) is 3.21. The van der Waals surface area contributed by atoms with Crippen molar-refractivity contribution in [3.8, 4) is 28.8 Å². The molecule has 5 rings (SSSR count). The third-order valence-corrected chi connectivity index (χ3v) is 7.77. The van der Waals surface area contributed by atoms with Crippen molar-refractivity contribution in [2.24, 2.45) is 0 Å². The molecule has 0 bridgehead atoms. The number of alkyl halides is 6. The van der Waals surface area contributed by atoms with E-state index in [0.717, 1.165) is 54.8 Å². The van der Waals surface area contributed by atoms with E-state index in [-0.39, 0.29) is 0 Å². The number of carbonyl (C=O) groups is 2. The number of aromatic nitrogens is 2. The third-order valence-electron chi connectivity index (χ3n) is 7.47. The summed E-state index contributed by atoms with van der Waals surface area (Å²) in [5, 5.41) is 31.1. The number of aliphatic carboxylic acids is 2. The van der Waals surface area contributed by atoms with Gasteiger partial charge < -0.3 is 34.7 Å². The number of halogens is 7. The molecule has 274 valence electrons. The lowest BCUT2D eigenvalue weighted by atomic mass is 9.91. The predicted molar refractivity (Wildman–Crippen MR) is 174 cm³/mol. The van der Waals surface area contributed by atoms with Crippen LogP contribution in [0.25, 0.3) is 16.9 Å². The van der Waals surface area contributed by atoms with Crippen LogP contribution in [0.3, 0.4) is 0 Å². The highest BCUT2D eigenvalue weighted by Crippen LogP contribution is 2.38. The summed E-state index contributed by atoms with van der Waals surface area (Å²) >= 11 is 6.37. The predicted octanol–water partition coefficient (Wildman–Crippen LogP) is 7.32. The van der Waals surface area contributed by atoms with Gasteiger partial charge in [0.15, 0.2) is 0 Å². The number of nitrogens with zero attached hydrogens (tertiary/aromatic N) is 3. The smallest absolute Gasteiger partial charge is 0.490 e. The Morgan fingerprint density at radius 1 is 0.922 bits per heavy atom. The van der Waals surface area contributed by atoms with Gasteiger partial charge in [-0.3, -0.25) is 0 Å². The fraction of sp³-hybridized carbons (Fsp3) is 0.333. The summed E-state index contributed by atoms with van der Waals surface area (Å²) in [6.45, 7) is 0.831. The summed E-state index contributed by atoms with van der Waals surface area (Å²) < 4.78 is 76.3. The Labute approximate surface area is 292 Å². The molecule has 18 heteroatoms. The standard InChI is InChI=1S/C29H30ClN5O2.2C2HF3O2/c1-36-27-15-28(37-2)25(30)14-24(27)26-18-35-12-11-23(13-29(35)34-26)33-22-9-7-21(8-10-22)32-17-20-5-3-19(16-31)4-6-20;2*3-2(4,5)1(6)7/h3-6,11-15,18,21-22,32-33H,7-10,17H2,1-2H3;2*(H,6,7)/t21-,22+;;. The average molecular weight is 744 g/mol. The van der Waals surface area contributed by atoms with E-state index in [1.807, 2.05) is 47.1 Å². The van der Waals surface area contributed by atoms with Crippen LogP contribution in [0.4, 0.5) is 32.0 Å². The highest BCUT2D eigenvalue weighted by Gasteiger charge is 2.39. The lowest BCUT2D eigenvalue weighted by Gasteiger charge is -2.30. The van der Waals surface area contributed by atoms with Crippen LogP contribution in [0, 0.1) is 11.3 Å². The molecule has 51 heavy (non-hydrogen) atoms. The van der Waals surface area contributed by atoms with E-state index < -0.39 is 24.3 Å². The first-order valence-corrected chi connectivity index (χ1v) is 15.3. The van der Waals surface area contributed by atoms with Crippen molar-refractivity contribution in [3.05, 3.63) is 77.1 Å². The molecule has 0 aliphatic heterocycles. The molecule has 0 spiro atoms. The Bertz CT molecular complexity index is 1810. The van der Waals surface area contributed by atoms with Gasteiger partial charge in [-0.05, 0) is 55.5 Å². The summed E-state index contributed by atoms with van der Waals surface area (Å²) in [5.74, 6) is -4.29. The average Bonchev–Trinajstić information content (AvgIpc) is 3.51. The van der Waals surface area contributed by atoms with Crippen molar-refractivity contribution < 1.29 is 55.6 Å². The molecule has 0 atom stereocenters. The number of carboxylic acids is 2. The SMILES string of the molecule is COc1cc(OC)c(-c2cn3ccc(N[C@H]4CC[C@@H](NCc5ccc(C#N)cc5)CC4)cc3n2)cc1Cl.O=C(O)C(F)(F)F.O=C(O)C(F)(F)F. The molecule has 0 radical (unpaired) electrons. The van der Waals surface area contributed by atoms with Gasteiger partial charge in [-0.15, -0.1) is 0 Å². The molecule has 0 unspecified atom stereocenters. The van der Waals surface area contributed by atoms with Crippen LogP contribution in [0.1, 0.15) is 36.8 Å².